The molecule has 0 aromatic carbocycles. The molecule has 102 valence electrons. The Bertz CT molecular complexity index is 701. The summed E-state index contributed by atoms with van der Waals surface area (Å²) >= 11 is 0. The van der Waals surface area contributed by atoms with Crippen LogP contribution in [0.1, 0.15) is 30.9 Å². The van der Waals surface area contributed by atoms with Gasteiger partial charge in [-0.05, 0) is 25.3 Å². The van der Waals surface area contributed by atoms with Crippen molar-refractivity contribution in [3.63, 3.8) is 0 Å². The average Bonchev–Trinajstić information content (AvgIpc) is 2.70. The van der Waals surface area contributed by atoms with Gasteiger partial charge in [0.15, 0.2) is 0 Å². The average molecular weight is 271 g/mol. The monoisotopic (exact) mass is 271 g/mol. The van der Waals surface area contributed by atoms with Crippen LogP contribution in [0.3, 0.4) is 0 Å². The molecule has 0 bridgehead atoms. The van der Waals surface area contributed by atoms with Crippen LogP contribution in [0.15, 0.2) is 12.3 Å². The van der Waals surface area contributed by atoms with Crippen molar-refractivity contribution in [3.8, 4) is 11.8 Å². The summed E-state index contributed by atoms with van der Waals surface area (Å²) < 4.78 is 6.92. The van der Waals surface area contributed by atoms with Crippen molar-refractivity contribution in [3.05, 3.63) is 17.8 Å². The molecule has 0 atom stereocenters. The highest BCUT2D eigenvalue weighted by molar-refractivity contribution is 6.59. The topological polar surface area (TPSA) is 91.3 Å². The standard InChI is InChI=1S/C13H14BN3O3/c1-20-9-5-10-11(6-15)12(14(18)19)17(8-3-2-4-8)13(10)16-7-9/h5,7-8,18-19H,2-4H2,1H3. The predicted molar refractivity (Wildman–Crippen MR) is 73.7 cm³/mol. The molecular weight excluding hydrogens is 257 g/mol. The van der Waals surface area contributed by atoms with E-state index in [-0.39, 0.29) is 17.2 Å². The second-order valence-corrected chi connectivity index (χ2v) is 4.95. The van der Waals surface area contributed by atoms with Crippen LogP contribution in [-0.2, 0) is 0 Å². The Morgan fingerprint density at radius 3 is 2.75 bits per heavy atom. The lowest BCUT2D eigenvalue weighted by Gasteiger charge is -2.29. The van der Waals surface area contributed by atoms with Crippen molar-refractivity contribution < 1.29 is 14.8 Å². The van der Waals surface area contributed by atoms with Gasteiger partial charge in [0.1, 0.15) is 17.5 Å². The molecule has 1 fully saturated rings. The van der Waals surface area contributed by atoms with Crippen LogP contribution in [0.4, 0.5) is 0 Å². The van der Waals surface area contributed by atoms with Gasteiger partial charge in [0.2, 0.25) is 0 Å². The highest BCUT2D eigenvalue weighted by Crippen LogP contribution is 2.35. The van der Waals surface area contributed by atoms with Gasteiger partial charge in [0.25, 0.3) is 0 Å². The Balaban J connectivity index is 2.34. The Labute approximate surface area is 116 Å². The summed E-state index contributed by atoms with van der Waals surface area (Å²) in [7, 11) is -0.162. The van der Waals surface area contributed by atoms with E-state index in [1.165, 1.54) is 7.11 Å². The molecule has 3 rings (SSSR count). The molecule has 0 aliphatic heterocycles. The second kappa shape index (κ2) is 4.82. The van der Waals surface area contributed by atoms with Gasteiger partial charge in [-0.2, -0.15) is 5.26 Å². The predicted octanol–water partition coefficient (Wildman–Crippen LogP) is 0.321. The van der Waals surface area contributed by atoms with Crippen molar-refractivity contribution >= 4 is 23.7 Å². The van der Waals surface area contributed by atoms with Crippen LogP contribution < -0.4 is 10.3 Å². The molecule has 2 aromatic heterocycles. The molecule has 0 amide bonds. The maximum Gasteiger partial charge on any atom is 0.507 e. The zero-order chi connectivity index (χ0) is 14.3. The van der Waals surface area contributed by atoms with Crippen LogP contribution in [-0.4, -0.2) is 33.8 Å². The molecule has 1 aliphatic carbocycles. The molecule has 6 nitrogen and oxygen atoms in total. The number of ether oxygens (including phenoxy) is 1. The van der Waals surface area contributed by atoms with E-state index in [1.54, 1.807) is 16.8 Å². The van der Waals surface area contributed by atoms with Crippen LogP contribution >= 0.6 is 0 Å². The van der Waals surface area contributed by atoms with Crippen LogP contribution in [0.25, 0.3) is 11.0 Å². The third-order valence-electron chi connectivity index (χ3n) is 3.89. The minimum atomic E-state index is -1.69. The lowest BCUT2D eigenvalue weighted by Crippen LogP contribution is -2.41. The Kier molecular flexibility index (Phi) is 3.12. The summed E-state index contributed by atoms with van der Waals surface area (Å²) in [5.74, 6) is 0.540. The quantitative estimate of drug-likeness (QED) is 0.784. The first kappa shape index (κ1) is 13.0. The third-order valence-corrected chi connectivity index (χ3v) is 3.89. The van der Waals surface area contributed by atoms with Crippen LogP contribution in [0.5, 0.6) is 5.75 Å². The van der Waals surface area contributed by atoms with Gasteiger partial charge < -0.3 is 19.4 Å². The number of nitriles is 1. The number of fused-ring (bicyclic) bond motifs is 1. The lowest BCUT2D eigenvalue weighted by molar-refractivity contribution is 0.320. The fourth-order valence-electron chi connectivity index (χ4n) is 2.68. The molecule has 0 saturated heterocycles. The number of aromatic nitrogens is 2. The third kappa shape index (κ3) is 1.77. The molecule has 1 saturated carbocycles. The molecule has 20 heavy (non-hydrogen) atoms. The van der Waals surface area contributed by atoms with Crippen molar-refractivity contribution in [2.45, 2.75) is 25.3 Å². The number of nitrogens with zero attached hydrogens (tertiary/aromatic N) is 3. The zero-order valence-electron chi connectivity index (χ0n) is 11.1. The van der Waals surface area contributed by atoms with E-state index < -0.39 is 7.12 Å². The molecule has 0 spiro atoms. The van der Waals surface area contributed by atoms with Gasteiger partial charge in [0.05, 0.1) is 24.5 Å². The number of pyridine rings is 1. The molecule has 2 aromatic rings. The van der Waals surface area contributed by atoms with Crippen molar-refractivity contribution in [2.24, 2.45) is 0 Å². The Hall–Kier alpha value is -2.04. The normalized spacial score (nSPS) is 14.9. The van der Waals surface area contributed by atoms with E-state index in [4.69, 9.17) is 4.74 Å². The van der Waals surface area contributed by atoms with E-state index in [0.717, 1.165) is 19.3 Å². The fraction of sp³-hybridized carbons (Fsp3) is 0.385. The molecule has 1 aliphatic rings. The first-order valence-corrected chi connectivity index (χ1v) is 6.51. The van der Waals surface area contributed by atoms with Gasteiger partial charge in [-0.25, -0.2) is 4.98 Å². The molecule has 0 unspecified atom stereocenters. The van der Waals surface area contributed by atoms with Crippen LogP contribution in [0, 0.1) is 11.3 Å². The maximum absolute atomic E-state index is 9.64. The first-order valence-electron chi connectivity index (χ1n) is 6.51. The largest absolute Gasteiger partial charge is 0.507 e. The summed E-state index contributed by atoms with van der Waals surface area (Å²) in [6, 6.07) is 3.95. The number of hydrogen-bond acceptors (Lipinski definition) is 5. The van der Waals surface area contributed by atoms with E-state index in [1.807, 2.05) is 0 Å². The summed E-state index contributed by atoms with van der Waals surface area (Å²) in [6.07, 6.45) is 4.60. The number of rotatable bonds is 3. The molecular formula is C13H14BN3O3. The number of methoxy groups -OCH3 is 1. The van der Waals surface area contributed by atoms with Gasteiger partial charge in [-0.15, -0.1) is 0 Å². The summed E-state index contributed by atoms with van der Waals surface area (Å²) in [6.45, 7) is 0. The summed E-state index contributed by atoms with van der Waals surface area (Å²) in [5, 5.41) is 29.2. The zero-order valence-corrected chi connectivity index (χ0v) is 11.1. The molecule has 0 radical (unpaired) electrons. The maximum atomic E-state index is 9.64. The minimum Gasteiger partial charge on any atom is -0.495 e. The lowest BCUT2D eigenvalue weighted by atomic mass is 9.81. The van der Waals surface area contributed by atoms with Gasteiger partial charge in [0, 0.05) is 11.4 Å². The van der Waals surface area contributed by atoms with Crippen LogP contribution in [0.2, 0.25) is 0 Å². The molecule has 7 heteroatoms. The SMILES string of the molecule is COc1cnc2c(c1)c(C#N)c(B(O)O)n2C1CCC1. The first-order chi connectivity index (χ1) is 9.67. The van der Waals surface area contributed by atoms with Crippen molar-refractivity contribution in [1.82, 2.24) is 9.55 Å². The summed E-state index contributed by atoms with van der Waals surface area (Å²) in [4.78, 5) is 4.33. The number of hydrogen-bond donors (Lipinski definition) is 2. The van der Waals surface area contributed by atoms with E-state index in [0.29, 0.717) is 16.8 Å². The minimum absolute atomic E-state index is 0.178. The van der Waals surface area contributed by atoms with E-state index in [9.17, 15) is 15.3 Å². The van der Waals surface area contributed by atoms with Crippen molar-refractivity contribution in [2.75, 3.05) is 7.11 Å². The van der Waals surface area contributed by atoms with Gasteiger partial charge in [-0.3, -0.25) is 0 Å². The van der Waals surface area contributed by atoms with Gasteiger partial charge in [-0.1, -0.05) is 0 Å². The fourth-order valence-corrected chi connectivity index (χ4v) is 2.68. The molecule has 2 heterocycles. The highest BCUT2D eigenvalue weighted by Gasteiger charge is 2.32. The highest BCUT2D eigenvalue weighted by atomic mass is 16.5. The molecule has 2 N–H and O–H groups in total. The second-order valence-electron chi connectivity index (χ2n) is 4.95. The Morgan fingerprint density at radius 2 is 2.25 bits per heavy atom. The van der Waals surface area contributed by atoms with E-state index >= 15 is 0 Å². The van der Waals surface area contributed by atoms with Gasteiger partial charge >= 0.3 is 7.12 Å². The van der Waals surface area contributed by atoms with Crippen molar-refractivity contribution in [1.29, 1.82) is 5.26 Å². The smallest absolute Gasteiger partial charge is 0.495 e. The summed E-state index contributed by atoms with van der Waals surface area (Å²) in [5.41, 5.74) is 1.09. The Morgan fingerprint density at radius 1 is 1.50 bits per heavy atom. The van der Waals surface area contributed by atoms with E-state index in [2.05, 4.69) is 11.1 Å².